The summed E-state index contributed by atoms with van der Waals surface area (Å²) in [6.45, 7) is 0.794. The predicted molar refractivity (Wildman–Crippen MR) is 178 cm³/mol. The molecule has 1 unspecified atom stereocenters. The molecule has 0 bridgehead atoms. The molecular formula is C34H43BrN2O7S. The van der Waals surface area contributed by atoms with Crippen LogP contribution in [0.2, 0.25) is 0 Å². The first-order valence-electron chi connectivity index (χ1n) is 16.0. The van der Waals surface area contributed by atoms with Gasteiger partial charge in [0.05, 0.1) is 31.5 Å². The lowest BCUT2D eigenvalue weighted by molar-refractivity contribution is -0.142. The van der Waals surface area contributed by atoms with E-state index in [9.17, 15) is 9.90 Å². The molecule has 2 fully saturated rings. The summed E-state index contributed by atoms with van der Waals surface area (Å²) < 4.78 is 19.5. The van der Waals surface area contributed by atoms with E-state index in [1.165, 1.54) is 43.2 Å². The van der Waals surface area contributed by atoms with Crippen molar-refractivity contribution < 1.29 is 34.1 Å². The molecule has 0 saturated heterocycles. The van der Waals surface area contributed by atoms with Crippen LogP contribution in [0, 0.1) is 5.92 Å². The number of ether oxygens (including phenoxy) is 3. The summed E-state index contributed by atoms with van der Waals surface area (Å²) in [7, 11) is 1.66. The minimum atomic E-state index is -1.06. The van der Waals surface area contributed by atoms with E-state index in [0.29, 0.717) is 32.4 Å². The van der Waals surface area contributed by atoms with E-state index in [-0.39, 0.29) is 24.0 Å². The first-order valence-corrected chi connectivity index (χ1v) is 17.9. The number of nitrogens with zero attached hydrogens (tertiary/aromatic N) is 1. The fraction of sp³-hybridized carbons (Fsp3) is 0.588. The average Bonchev–Trinajstić information content (AvgIpc) is 3.64. The number of aliphatic carboxylic acids is 1. The number of benzene rings is 2. The number of hydrogen-bond donors (Lipinski definition) is 3. The average molecular weight is 704 g/mol. The van der Waals surface area contributed by atoms with Crippen molar-refractivity contribution in [1.29, 1.82) is 0 Å². The van der Waals surface area contributed by atoms with Gasteiger partial charge in [-0.15, -0.1) is 0 Å². The Morgan fingerprint density at radius 2 is 2.02 bits per heavy atom. The highest BCUT2D eigenvalue weighted by Crippen LogP contribution is 2.61. The molecule has 2 aliphatic carbocycles. The molecule has 11 heteroatoms. The van der Waals surface area contributed by atoms with Crippen molar-refractivity contribution in [3.8, 4) is 17.2 Å². The van der Waals surface area contributed by atoms with E-state index < -0.39 is 18.0 Å². The third-order valence-corrected chi connectivity index (χ3v) is 12.1. The van der Waals surface area contributed by atoms with Crippen LogP contribution >= 0.6 is 27.7 Å². The van der Waals surface area contributed by atoms with Crippen LogP contribution in [-0.4, -0.2) is 66.2 Å². The number of aliphatic hydroxyl groups is 1. The van der Waals surface area contributed by atoms with Crippen LogP contribution in [-0.2, 0) is 27.3 Å². The number of halogens is 1. The number of carbonyl (C=O) groups is 1. The second kappa shape index (κ2) is 14.5. The summed E-state index contributed by atoms with van der Waals surface area (Å²) >= 11 is 5.72. The maximum Gasteiger partial charge on any atom is 0.344 e. The lowest BCUT2D eigenvalue weighted by Crippen LogP contribution is -2.54. The monoisotopic (exact) mass is 702 g/mol. The summed E-state index contributed by atoms with van der Waals surface area (Å²) in [6.07, 6.45) is 9.18. The molecule has 2 aromatic rings. The summed E-state index contributed by atoms with van der Waals surface area (Å²) in [5.74, 6) is 2.94. The van der Waals surface area contributed by atoms with Crippen molar-refractivity contribution in [3.63, 3.8) is 0 Å². The van der Waals surface area contributed by atoms with E-state index in [4.69, 9.17) is 24.2 Å². The van der Waals surface area contributed by atoms with E-state index in [1.807, 2.05) is 23.9 Å². The van der Waals surface area contributed by atoms with Crippen molar-refractivity contribution in [1.82, 2.24) is 5.32 Å². The van der Waals surface area contributed by atoms with Crippen LogP contribution in [0.15, 0.2) is 40.0 Å². The van der Waals surface area contributed by atoms with Crippen molar-refractivity contribution in [2.24, 2.45) is 11.1 Å². The molecular weight excluding hydrogens is 660 g/mol. The molecule has 3 N–H and O–H groups in total. The van der Waals surface area contributed by atoms with Crippen molar-refractivity contribution in [2.75, 3.05) is 26.9 Å². The topological polar surface area (TPSA) is 119 Å². The SMILES string of the molecule is COc1ccc(CS[C@@H]2C/C(=N\OCC(=O)O)C[C@H]3Oc4c(Br)c(OCCCC5CCCC5)cc5c4C32C[C@@H](CO)NC5)cc1. The van der Waals surface area contributed by atoms with Crippen LogP contribution in [0.25, 0.3) is 0 Å². The molecule has 2 saturated carbocycles. The lowest BCUT2D eigenvalue weighted by atomic mass is 9.64. The van der Waals surface area contributed by atoms with Gasteiger partial charge in [0.15, 0.2) is 0 Å². The highest BCUT2D eigenvalue weighted by molar-refractivity contribution is 9.10. The zero-order valence-electron chi connectivity index (χ0n) is 25.8. The Kier molecular flexibility index (Phi) is 10.5. The molecule has 4 aliphatic rings. The smallest absolute Gasteiger partial charge is 0.344 e. The Hall–Kier alpha value is -2.47. The second-order valence-corrected chi connectivity index (χ2v) is 14.7. The van der Waals surface area contributed by atoms with Crippen LogP contribution < -0.4 is 19.5 Å². The number of carboxylic acid groups (broad SMARTS) is 1. The fourth-order valence-electron chi connectivity index (χ4n) is 7.68. The van der Waals surface area contributed by atoms with Gasteiger partial charge in [-0.1, -0.05) is 43.0 Å². The zero-order chi connectivity index (χ0) is 31.4. The molecule has 244 valence electrons. The molecule has 2 aromatic carbocycles. The Morgan fingerprint density at radius 1 is 1.22 bits per heavy atom. The van der Waals surface area contributed by atoms with Gasteiger partial charge in [0.1, 0.15) is 27.8 Å². The summed E-state index contributed by atoms with van der Waals surface area (Å²) in [6, 6.07) is 10.1. The van der Waals surface area contributed by atoms with Gasteiger partial charge in [0, 0.05) is 42.0 Å². The van der Waals surface area contributed by atoms with Crippen LogP contribution in [0.4, 0.5) is 0 Å². The number of methoxy groups -OCH3 is 1. The van der Waals surface area contributed by atoms with Gasteiger partial charge in [-0.25, -0.2) is 4.79 Å². The van der Waals surface area contributed by atoms with E-state index in [0.717, 1.165) is 51.1 Å². The van der Waals surface area contributed by atoms with E-state index >= 15 is 0 Å². The fourth-order valence-corrected chi connectivity index (χ4v) is 9.76. The van der Waals surface area contributed by atoms with Gasteiger partial charge in [0.25, 0.3) is 0 Å². The molecule has 0 amide bonds. The summed E-state index contributed by atoms with van der Waals surface area (Å²) in [5.41, 5.74) is 3.86. The normalized spacial score (nSPS) is 26.6. The highest BCUT2D eigenvalue weighted by Gasteiger charge is 2.60. The molecule has 2 aliphatic heterocycles. The molecule has 0 radical (unpaired) electrons. The largest absolute Gasteiger partial charge is 0.497 e. The predicted octanol–water partition coefficient (Wildman–Crippen LogP) is 6.21. The third-order valence-electron chi connectivity index (χ3n) is 9.85. The van der Waals surface area contributed by atoms with Gasteiger partial charge >= 0.3 is 5.97 Å². The minimum absolute atomic E-state index is 0.0159. The third kappa shape index (κ3) is 6.96. The minimum Gasteiger partial charge on any atom is -0.497 e. The first-order chi connectivity index (χ1) is 21.9. The summed E-state index contributed by atoms with van der Waals surface area (Å²) in [5, 5.41) is 27.5. The quantitative estimate of drug-likeness (QED) is 0.165. The molecule has 1 spiro atoms. The van der Waals surface area contributed by atoms with Crippen molar-refractivity contribution in [2.45, 2.75) is 92.9 Å². The van der Waals surface area contributed by atoms with Gasteiger partial charge in [0.2, 0.25) is 6.61 Å². The van der Waals surface area contributed by atoms with Gasteiger partial charge in [-0.2, -0.15) is 11.8 Å². The van der Waals surface area contributed by atoms with E-state index in [2.05, 4.69) is 44.6 Å². The molecule has 45 heavy (non-hydrogen) atoms. The number of nitrogens with one attached hydrogen (secondary N) is 1. The summed E-state index contributed by atoms with van der Waals surface area (Å²) in [4.78, 5) is 16.4. The second-order valence-electron chi connectivity index (χ2n) is 12.7. The molecule has 9 nitrogen and oxygen atoms in total. The molecule has 6 rings (SSSR count). The van der Waals surface area contributed by atoms with Crippen molar-refractivity contribution in [3.05, 3.63) is 51.5 Å². The number of thioether (sulfide) groups is 1. The first kappa shape index (κ1) is 32.5. The van der Waals surface area contributed by atoms with Gasteiger partial charge in [-0.05, 0) is 70.4 Å². The number of hydrogen-bond acceptors (Lipinski definition) is 9. The maximum atomic E-state index is 11.1. The van der Waals surface area contributed by atoms with Crippen LogP contribution in [0.1, 0.15) is 74.5 Å². The van der Waals surface area contributed by atoms with Gasteiger partial charge in [-0.3, -0.25) is 0 Å². The Bertz CT molecular complexity index is 1380. The highest BCUT2D eigenvalue weighted by atomic mass is 79.9. The standard InChI is InChI=1S/C34H43BrN2O7S/c1-41-26-10-8-22(9-11-26)20-45-29-15-24(37-43-19-30(39)40)14-28-34(29)16-25(18-38)36-17-23-13-27(32(35)33(44-28)31(23)34)42-12-4-7-21-5-2-3-6-21/h8-11,13,21,25,28-29,36,38H,2-7,12,14-20H2,1H3,(H,39,40)/b37-24-/t25-,28+,29+,34?/m0/s1. The van der Waals surface area contributed by atoms with Crippen LogP contribution in [0.5, 0.6) is 17.2 Å². The number of rotatable bonds is 13. The van der Waals surface area contributed by atoms with E-state index in [1.54, 1.807) is 7.11 Å². The molecule has 0 aromatic heterocycles. The lowest BCUT2D eigenvalue weighted by Gasteiger charge is -2.45. The Labute approximate surface area is 277 Å². The zero-order valence-corrected chi connectivity index (χ0v) is 28.2. The molecule has 2 heterocycles. The number of carboxylic acids is 1. The Morgan fingerprint density at radius 3 is 2.76 bits per heavy atom. The van der Waals surface area contributed by atoms with Gasteiger partial charge < -0.3 is 34.6 Å². The number of oxime groups is 1. The van der Waals surface area contributed by atoms with Crippen molar-refractivity contribution >= 4 is 39.4 Å². The number of aliphatic hydroxyl groups excluding tert-OH is 1. The van der Waals surface area contributed by atoms with Crippen LogP contribution in [0.3, 0.4) is 0 Å². The Balaban J connectivity index is 1.32. The maximum absolute atomic E-state index is 11.1. The molecule has 4 atom stereocenters.